The summed E-state index contributed by atoms with van der Waals surface area (Å²) in [6.45, 7) is 0. The summed E-state index contributed by atoms with van der Waals surface area (Å²) in [5, 5.41) is 9.06. The predicted octanol–water partition coefficient (Wildman–Crippen LogP) is 1.28. The molecule has 0 spiro atoms. The average molecular weight is 170 g/mol. The number of carbonyl (C=O) groups is 1. The fourth-order valence-electron chi connectivity index (χ4n) is 2.88. The Morgan fingerprint density at radius 3 is 2.58 bits per heavy atom. The van der Waals surface area contributed by atoms with E-state index in [4.69, 9.17) is 9.84 Å². The molecule has 3 heteroatoms. The quantitative estimate of drug-likeness (QED) is 0.679. The minimum atomic E-state index is -0.830. The summed E-state index contributed by atoms with van der Waals surface area (Å²) in [5.41, 5.74) is -0.830. The smallest absolute Gasteiger partial charge is 0.336 e. The van der Waals surface area contributed by atoms with Crippen LogP contribution in [0.4, 0.5) is 0 Å². The van der Waals surface area contributed by atoms with Crippen LogP contribution in [0.5, 0.6) is 0 Å². The Hall–Kier alpha value is -0.570. The number of hydrogen-bond donors (Lipinski definition) is 1. The lowest BCUT2D eigenvalue weighted by atomic mass is 9.84. The van der Waals surface area contributed by atoms with Crippen LogP contribution in [0.2, 0.25) is 0 Å². The van der Waals surface area contributed by atoms with Gasteiger partial charge in [-0.25, -0.2) is 4.79 Å². The number of carboxylic acids is 1. The van der Waals surface area contributed by atoms with Gasteiger partial charge in [0.05, 0.1) is 0 Å². The maximum Gasteiger partial charge on any atom is 0.336 e. The van der Waals surface area contributed by atoms with Gasteiger partial charge in [-0.15, -0.1) is 0 Å². The van der Waals surface area contributed by atoms with Crippen molar-refractivity contribution in [3.05, 3.63) is 0 Å². The summed E-state index contributed by atoms with van der Waals surface area (Å²) in [4.78, 5) is 11.0. The molecule has 2 saturated carbocycles. The van der Waals surface area contributed by atoms with E-state index in [0.29, 0.717) is 5.92 Å². The topological polar surface area (TPSA) is 46.5 Å². The van der Waals surface area contributed by atoms with Crippen LogP contribution in [-0.4, -0.2) is 23.8 Å². The van der Waals surface area contributed by atoms with Gasteiger partial charge in [0.25, 0.3) is 0 Å². The van der Waals surface area contributed by atoms with Gasteiger partial charge in [0.2, 0.25) is 0 Å². The molecule has 2 aliphatic rings. The zero-order chi connectivity index (χ0) is 8.77. The molecule has 0 saturated heterocycles. The molecule has 2 rings (SSSR count). The molecule has 68 valence electrons. The van der Waals surface area contributed by atoms with E-state index in [1.54, 1.807) is 0 Å². The molecule has 3 unspecified atom stereocenters. The van der Waals surface area contributed by atoms with Crippen molar-refractivity contribution in [2.24, 2.45) is 11.8 Å². The van der Waals surface area contributed by atoms with Gasteiger partial charge in [-0.2, -0.15) is 0 Å². The summed E-state index contributed by atoms with van der Waals surface area (Å²) in [6.07, 6.45) is 4.01. The van der Waals surface area contributed by atoms with E-state index in [2.05, 4.69) is 0 Å². The number of fused-ring (bicyclic) bond motifs is 2. The van der Waals surface area contributed by atoms with E-state index in [-0.39, 0.29) is 5.92 Å². The molecule has 3 atom stereocenters. The molecule has 0 heterocycles. The van der Waals surface area contributed by atoms with Crippen LogP contribution in [-0.2, 0) is 9.53 Å². The number of hydrogen-bond acceptors (Lipinski definition) is 2. The second kappa shape index (κ2) is 2.46. The highest BCUT2D eigenvalue weighted by molar-refractivity contribution is 5.78. The molecule has 0 aliphatic heterocycles. The van der Waals surface area contributed by atoms with Gasteiger partial charge < -0.3 is 9.84 Å². The summed E-state index contributed by atoms with van der Waals surface area (Å²) in [7, 11) is 1.52. The predicted molar refractivity (Wildman–Crippen MR) is 42.8 cm³/mol. The van der Waals surface area contributed by atoms with Gasteiger partial charge >= 0.3 is 5.97 Å². The van der Waals surface area contributed by atoms with Gasteiger partial charge in [0.15, 0.2) is 5.60 Å². The first-order valence-electron chi connectivity index (χ1n) is 4.47. The van der Waals surface area contributed by atoms with Gasteiger partial charge in [-0.1, -0.05) is 0 Å². The largest absolute Gasteiger partial charge is 0.479 e. The molecule has 1 N–H and O–H groups in total. The lowest BCUT2D eigenvalue weighted by molar-refractivity contribution is -0.169. The van der Waals surface area contributed by atoms with Crippen LogP contribution in [0, 0.1) is 11.8 Å². The molecule has 0 radical (unpaired) electrons. The van der Waals surface area contributed by atoms with Crippen LogP contribution >= 0.6 is 0 Å². The normalized spacial score (nSPS) is 45.1. The molecular weight excluding hydrogens is 156 g/mol. The zero-order valence-corrected chi connectivity index (χ0v) is 7.25. The zero-order valence-electron chi connectivity index (χ0n) is 7.25. The molecule has 0 amide bonds. The van der Waals surface area contributed by atoms with Crippen molar-refractivity contribution in [2.45, 2.75) is 31.3 Å². The monoisotopic (exact) mass is 170 g/mol. The maximum absolute atomic E-state index is 11.0. The summed E-state index contributed by atoms with van der Waals surface area (Å²) < 4.78 is 5.19. The van der Waals surface area contributed by atoms with E-state index in [9.17, 15) is 4.79 Å². The second-order valence-electron chi connectivity index (χ2n) is 3.98. The van der Waals surface area contributed by atoms with Crippen LogP contribution < -0.4 is 0 Å². The van der Waals surface area contributed by atoms with Crippen molar-refractivity contribution >= 4 is 5.97 Å². The lowest BCUT2D eigenvalue weighted by Crippen LogP contribution is -2.45. The molecule has 0 aromatic carbocycles. The van der Waals surface area contributed by atoms with Crippen molar-refractivity contribution < 1.29 is 14.6 Å². The van der Waals surface area contributed by atoms with Crippen LogP contribution in [0.25, 0.3) is 0 Å². The number of ether oxygens (including phenoxy) is 1. The van der Waals surface area contributed by atoms with E-state index >= 15 is 0 Å². The van der Waals surface area contributed by atoms with Crippen molar-refractivity contribution in [3.8, 4) is 0 Å². The fraction of sp³-hybridized carbons (Fsp3) is 0.889. The first kappa shape index (κ1) is 8.05. The Morgan fingerprint density at radius 2 is 2.33 bits per heavy atom. The molecule has 0 aromatic heterocycles. The molecule has 12 heavy (non-hydrogen) atoms. The SMILES string of the molecule is COC1(C(=O)O)CC2CCC1C2. The highest BCUT2D eigenvalue weighted by atomic mass is 16.5. The fourth-order valence-corrected chi connectivity index (χ4v) is 2.88. The Morgan fingerprint density at radius 1 is 1.58 bits per heavy atom. The lowest BCUT2D eigenvalue weighted by Gasteiger charge is -2.31. The van der Waals surface area contributed by atoms with Gasteiger partial charge in [0, 0.05) is 7.11 Å². The van der Waals surface area contributed by atoms with Crippen molar-refractivity contribution in [1.29, 1.82) is 0 Å². The minimum absolute atomic E-state index is 0.269. The Bertz CT molecular complexity index is 214. The number of rotatable bonds is 2. The number of methoxy groups -OCH3 is 1. The number of aliphatic carboxylic acids is 1. The maximum atomic E-state index is 11.0. The third-order valence-electron chi connectivity index (χ3n) is 3.52. The Kier molecular flexibility index (Phi) is 1.65. The van der Waals surface area contributed by atoms with Crippen LogP contribution in [0.1, 0.15) is 25.7 Å². The van der Waals surface area contributed by atoms with Crippen molar-refractivity contribution in [1.82, 2.24) is 0 Å². The van der Waals surface area contributed by atoms with E-state index < -0.39 is 11.6 Å². The van der Waals surface area contributed by atoms with Crippen molar-refractivity contribution in [3.63, 3.8) is 0 Å². The Balaban J connectivity index is 2.25. The standard InChI is InChI=1S/C9H14O3/c1-12-9(8(10)11)5-6-2-3-7(9)4-6/h6-7H,2-5H2,1H3,(H,10,11). The van der Waals surface area contributed by atoms with E-state index in [1.165, 1.54) is 13.5 Å². The molecule has 2 bridgehead atoms. The minimum Gasteiger partial charge on any atom is -0.479 e. The highest BCUT2D eigenvalue weighted by Gasteiger charge is 2.56. The van der Waals surface area contributed by atoms with Crippen LogP contribution in [0.3, 0.4) is 0 Å². The summed E-state index contributed by atoms with van der Waals surface area (Å²) in [5.74, 6) is 0.105. The first-order valence-corrected chi connectivity index (χ1v) is 4.47. The summed E-state index contributed by atoms with van der Waals surface area (Å²) in [6, 6.07) is 0. The molecule has 3 nitrogen and oxygen atoms in total. The second-order valence-corrected chi connectivity index (χ2v) is 3.98. The van der Waals surface area contributed by atoms with Gasteiger partial charge in [-0.3, -0.25) is 0 Å². The van der Waals surface area contributed by atoms with Crippen LogP contribution in [0.15, 0.2) is 0 Å². The first-order chi connectivity index (χ1) is 5.69. The third-order valence-corrected chi connectivity index (χ3v) is 3.52. The third kappa shape index (κ3) is 0.829. The van der Waals surface area contributed by atoms with E-state index in [0.717, 1.165) is 19.3 Å². The van der Waals surface area contributed by atoms with Crippen molar-refractivity contribution in [2.75, 3.05) is 7.11 Å². The van der Waals surface area contributed by atoms with Gasteiger partial charge in [-0.05, 0) is 37.5 Å². The molecule has 2 aliphatic carbocycles. The molecular formula is C9H14O3. The average Bonchev–Trinajstić information content (AvgIpc) is 2.62. The number of carboxylic acid groups (broad SMARTS) is 1. The van der Waals surface area contributed by atoms with E-state index in [1.807, 2.05) is 0 Å². The van der Waals surface area contributed by atoms with Gasteiger partial charge in [0.1, 0.15) is 0 Å². The summed E-state index contributed by atoms with van der Waals surface area (Å²) >= 11 is 0. The highest BCUT2D eigenvalue weighted by Crippen LogP contribution is 2.52. The molecule has 2 fully saturated rings. The molecule has 0 aromatic rings. The Labute approximate surface area is 71.7 Å².